The van der Waals surface area contributed by atoms with Crippen molar-refractivity contribution in [2.75, 3.05) is 0 Å². The van der Waals surface area contributed by atoms with Crippen molar-refractivity contribution in [3.8, 4) is 0 Å². The van der Waals surface area contributed by atoms with Gasteiger partial charge in [-0.3, -0.25) is 0 Å². The van der Waals surface area contributed by atoms with E-state index in [0.29, 0.717) is 0 Å². The SMILES string of the molecule is [CH2-]/C=C(\CC)c1ccccc1.[Cl-].[Mg+2]. The molecule has 0 N–H and O–H groups in total. The molecule has 0 unspecified atom stereocenters. The summed E-state index contributed by atoms with van der Waals surface area (Å²) in [6.07, 6.45) is 2.98. The topological polar surface area (TPSA) is 0 Å². The zero-order valence-corrected chi connectivity index (χ0v) is 10.1. The Bertz CT molecular complexity index is 242. The minimum atomic E-state index is 0. The molecule has 0 saturated heterocycles. The van der Waals surface area contributed by atoms with Gasteiger partial charge in [0.1, 0.15) is 0 Å². The van der Waals surface area contributed by atoms with Gasteiger partial charge in [-0.15, -0.1) is 5.56 Å². The summed E-state index contributed by atoms with van der Waals surface area (Å²) in [7, 11) is 0. The van der Waals surface area contributed by atoms with Crippen LogP contribution in [0.3, 0.4) is 0 Å². The fourth-order valence-electron chi connectivity index (χ4n) is 1.12. The van der Waals surface area contributed by atoms with Gasteiger partial charge in [-0.1, -0.05) is 43.7 Å². The van der Waals surface area contributed by atoms with Gasteiger partial charge in [0.15, 0.2) is 0 Å². The van der Waals surface area contributed by atoms with E-state index in [1.54, 1.807) is 0 Å². The smallest absolute Gasteiger partial charge is 1.00 e. The van der Waals surface area contributed by atoms with Crippen LogP contribution in [0.1, 0.15) is 18.9 Å². The van der Waals surface area contributed by atoms with Gasteiger partial charge in [0.2, 0.25) is 0 Å². The average molecular weight is 205 g/mol. The van der Waals surface area contributed by atoms with Crippen LogP contribution in [0.25, 0.3) is 5.57 Å². The van der Waals surface area contributed by atoms with Crippen LogP contribution in [0.2, 0.25) is 0 Å². The summed E-state index contributed by atoms with van der Waals surface area (Å²) in [5.74, 6) is 0. The van der Waals surface area contributed by atoms with E-state index in [4.69, 9.17) is 0 Å². The van der Waals surface area contributed by atoms with Crippen LogP contribution < -0.4 is 12.4 Å². The molecule has 0 aliphatic carbocycles. The third kappa shape index (κ3) is 4.60. The molecule has 0 aliphatic rings. The van der Waals surface area contributed by atoms with Gasteiger partial charge in [-0.25, -0.2) is 13.0 Å². The van der Waals surface area contributed by atoms with Crippen molar-refractivity contribution >= 4 is 28.6 Å². The van der Waals surface area contributed by atoms with Gasteiger partial charge in [-0.05, 0) is 0 Å². The number of hydrogen-bond acceptors (Lipinski definition) is 0. The van der Waals surface area contributed by atoms with E-state index in [1.807, 2.05) is 12.1 Å². The molecule has 0 fully saturated rings. The Morgan fingerprint density at radius 3 is 2.23 bits per heavy atom. The first-order valence-electron chi connectivity index (χ1n) is 3.92. The predicted molar refractivity (Wildman–Crippen MR) is 55.8 cm³/mol. The van der Waals surface area contributed by atoms with E-state index >= 15 is 0 Å². The van der Waals surface area contributed by atoms with Crippen molar-refractivity contribution in [1.29, 1.82) is 0 Å². The Morgan fingerprint density at radius 2 is 1.85 bits per heavy atom. The second-order valence-corrected chi connectivity index (χ2v) is 2.45. The Labute approximate surface area is 103 Å². The summed E-state index contributed by atoms with van der Waals surface area (Å²) >= 11 is 0. The second kappa shape index (κ2) is 8.48. The van der Waals surface area contributed by atoms with Crippen LogP contribution in [0.4, 0.5) is 0 Å². The molecule has 0 spiro atoms. The minimum absolute atomic E-state index is 0. The maximum Gasteiger partial charge on any atom is 2.00 e. The molecule has 0 radical (unpaired) electrons. The number of hydrogen-bond donors (Lipinski definition) is 0. The van der Waals surface area contributed by atoms with E-state index in [2.05, 4.69) is 38.1 Å². The number of rotatable bonds is 2. The van der Waals surface area contributed by atoms with E-state index in [9.17, 15) is 0 Å². The fourth-order valence-corrected chi connectivity index (χ4v) is 1.12. The maximum atomic E-state index is 3.77. The van der Waals surface area contributed by atoms with Crippen molar-refractivity contribution in [3.63, 3.8) is 0 Å². The quantitative estimate of drug-likeness (QED) is 0.468. The first-order valence-corrected chi connectivity index (χ1v) is 3.92. The van der Waals surface area contributed by atoms with E-state index in [-0.39, 0.29) is 35.5 Å². The molecule has 0 atom stereocenters. The summed E-state index contributed by atoms with van der Waals surface area (Å²) in [6.45, 7) is 5.91. The van der Waals surface area contributed by atoms with E-state index < -0.39 is 0 Å². The first-order chi connectivity index (χ1) is 5.38. The fraction of sp³-hybridized carbons (Fsp3) is 0.182. The molecule has 1 aromatic carbocycles. The largest absolute Gasteiger partial charge is 2.00 e. The van der Waals surface area contributed by atoms with Gasteiger partial charge in [-0.2, -0.15) is 5.57 Å². The van der Waals surface area contributed by atoms with Gasteiger partial charge < -0.3 is 12.4 Å². The molecule has 0 heterocycles. The van der Waals surface area contributed by atoms with Gasteiger partial charge in [0.05, 0.1) is 0 Å². The third-order valence-electron chi connectivity index (χ3n) is 1.77. The number of benzene rings is 1. The Kier molecular flexibility index (Phi) is 10.0. The van der Waals surface area contributed by atoms with Crippen molar-refractivity contribution in [1.82, 2.24) is 0 Å². The maximum absolute atomic E-state index is 3.77. The van der Waals surface area contributed by atoms with Crippen LogP contribution in [0.15, 0.2) is 36.4 Å². The molecular formula is C11H13ClMg. The minimum Gasteiger partial charge on any atom is -1.00 e. The molecular weight excluding hydrogens is 192 g/mol. The van der Waals surface area contributed by atoms with Crippen molar-refractivity contribution in [2.24, 2.45) is 0 Å². The molecule has 0 bridgehead atoms. The van der Waals surface area contributed by atoms with Crippen LogP contribution in [-0.4, -0.2) is 23.1 Å². The molecule has 1 rings (SSSR count). The van der Waals surface area contributed by atoms with Crippen molar-refractivity contribution in [2.45, 2.75) is 13.3 Å². The molecule has 0 saturated carbocycles. The van der Waals surface area contributed by atoms with Gasteiger partial charge >= 0.3 is 23.1 Å². The molecule has 0 aromatic heterocycles. The molecule has 0 aliphatic heterocycles. The van der Waals surface area contributed by atoms with Gasteiger partial charge in [0.25, 0.3) is 0 Å². The summed E-state index contributed by atoms with van der Waals surface area (Å²) < 4.78 is 0. The Balaban J connectivity index is 0. The first kappa shape index (κ1) is 15.4. The standard InChI is InChI=1S/C11H13.ClH.Mg/c1-3-10(4-2)11-8-6-5-7-9-11;;/h3,5-9H,1,4H2,2H3;1H;/q-1;;+2/p-1/b10-3+;;. The molecule has 1 aromatic rings. The van der Waals surface area contributed by atoms with Crippen LogP contribution in [-0.2, 0) is 0 Å². The van der Waals surface area contributed by atoms with Gasteiger partial charge in [0, 0.05) is 0 Å². The second-order valence-electron chi connectivity index (χ2n) is 2.45. The average Bonchev–Trinajstić information content (AvgIpc) is 2.09. The number of allylic oxidation sites excluding steroid dienone is 2. The molecule has 0 amide bonds. The summed E-state index contributed by atoms with van der Waals surface area (Å²) in [4.78, 5) is 0. The van der Waals surface area contributed by atoms with Crippen LogP contribution >= 0.6 is 0 Å². The van der Waals surface area contributed by atoms with Crippen molar-refractivity contribution in [3.05, 3.63) is 48.9 Å². The van der Waals surface area contributed by atoms with E-state index in [1.165, 1.54) is 11.1 Å². The Hall–Kier alpha value is -0.114. The van der Waals surface area contributed by atoms with E-state index in [0.717, 1.165) is 6.42 Å². The third-order valence-corrected chi connectivity index (χ3v) is 1.77. The summed E-state index contributed by atoms with van der Waals surface area (Å²) in [6, 6.07) is 10.4. The molecule has 2 heteroatoms. The molecule has 66 valence electrons. The summed E-state index contributed by atoms with van der Waals surface area (Å²) in [5.41, 5.74) is 2.59. The zero-order valence-electron chi connectivity index (χ0n) is 7.96. The number of halogens is 1. The zero-order chi connectivity index (χ0) is 8.10. The monoisotopic (exact) mass is 204 g/mol. The van der Waals surface area contributed by atoms with Crippen LogP contribution in [0.5, 0.6) is 0 Å². The summed E-state index contributed by atoms with van der Waals surface area (Å²) in [5, 5.41) is 0. The molecule has 13 heavy (non-hydrogen) atoms. The van der Waals surface area contributed by atoms with Crippen molar-refractivity contribution < 1.29 is 12.4 Å². The van der Waals surface area contributed by atoms with Crippen LogP contribution in [0, 0.1) is 6.92 Å². The Morgan fingerprint density at radius 1 is 1.31 bits per heavy atom. The predicted octanol–water partition coefficient (Wildman–Crippen LogP) is -0.0627. The normalized spacial score (nSPS) is 9.77. The molecule has 0 nitrogen and oxygen atoms in total.